The van der Waals surface area contributed by atoms with Crippen LogP contribution in [0.15, 0.2) is 0 Å². The van der Waals surface area contributed by atoms with Crippen molar-refractivity contribution in [1.29, 1.82) is 0 Å². The standard InChI is InChI=1S/C6H15N.C2H7NO/c1-5(2)7-6(3)4;3-1-2-4/h5-7H,1-4H3;4H,1-3H2. The van der Waals surface area contributed by atoms with Gasteiger partial charge in [0.2, 0.25) is 0 Å². The third-order valence-electron chi connectivity index (χ3n) is 0.796. The zero-order valence-corrected chi connectivity index (χ0v) is 8.09. The first-order valence-corrected chi connectivity index (χ1v) is 4.11. The molecule has 0 fully saturated rings. The Bertz CT molecular complexity index is 57.1. The average Bonchev–Trinajstić information content (AvgIpc) is 1.85. The summed E-state index contributed by atoms with van der Waals surface area (Å²) in [5.41, 5.74) is 4.78. The van der Waals surface area contributed by atoms with Gasteiger partial charge in [0.1, 0.15) is 0 Å². The fourth-order valence-corrected chi connectivity index (χ4v) is 0.667. The van der Waals surface area contributed by atoms with Gasteiger partial charge >= 0.3 is 0 Å². The molecule has 0 aromatic rings. The topological polar surface area (TPSA) is 58.3 Å². The molecule has 0 aliphatic rings. The van der Waals surface area contributed by atoms with Crippen molar-refractivity contribution in [2.24, 2.45) is 5.73 Å². The SMILES string of the molecule is CC(C)NC(C)C.NCCO. The molecular formula is C8H22N2O. The minimum absolute atomic E-state index is 0.0972. The second-order valence-electron chi connectivity index (χ2n) is 2.99. The van der Waals surface area contributed by atoms with E-state index in [1.165, 1.54) is 0 Å². The van der Waals surface area contributed by atoms with E-state index >= 15 is 0 Å². The second kappa shape index (κ2) is 9.88. The summed E-state index contributed by atoms with van der Waals surface area (Å²) in [4.78, 5) is 0. The van der Waals surface area contributed by atoms with E-state index in [1.54, 1.807) is 0 Å². The lowest BCUT2D eigenvalue weighted by atomic mass is 10.3. The van der Waals surface area contributed by atoms with Crippen LogP contribution in [0.5, 0.6) is 0 Å². The molecule has 0 radical (unpaired) electrons. The number of hydrogen-bond acceptors (Lipinski definition) is 3. The molecule has 0 aliphatic carbocycles. The Morgan fingerprint density at radius 2 is 1.45 bits per heavy atom. The zero-order chi connectivity index (χ0) is 9.28. The van der Waals surface area contributed by atoms with Crippen molar-refractivity contribution in [2.75, 3.05) is 13.2 Å². The van der Waals surface area contributed by atoms with Crippen molar-refractivity contribution < 1.29 is 5.11 Å². The normalized spacial score (nSPS) is 9.82. The van der Waals surface area contributed by atoms with Crippen molar-refractivity contribution >= 4 is 0 Å². The molecule has 0 bridgehead atoms. The Morgan fingerprint density at radius 3 is 1.45 bits per heavy atom. The molecule has 0 aromatic carbocycles. The van der Waals surface area contributed by atoms with Crippen molar-refractivity contribution in [3.63, 3.8) is 0 Å². The predicted octanol–water partition coefficient (Wildman–Crippen LogP) is 0.330. The summed E-state index contributed by atoms with van der Waals surface area (Å²) in [5.74, 6) is 0. The summed E-state index contributed by atoms with van der Waals surface area (Å²) in [6.07, 6.45) is 0. The van der Waals surface area contributed by atoms with Crippen molar-refractivity contribution in [3.8, 4) is 0 Å². The lowest BCUT2D eigenvalue weighted by Gasteiger charge is -2.10. The maximum atomic E-state index is 7.75. The van der Waals surface area contributed by atoms with Gasteiger partial charge in [-0.05, 0) is 0 Å². The summed E-state index contributed by atoms with van der Waals surface area (Å²) < 4.78 is 0. The van der Waals surface area contributed by atoms with E-state index in [9.17, 15) is 0 Å². The highest BCUT2D eigenvalue weighted by Crippen LogP contribution is 1.80. The van der Waals surface area contributed by atoms with Crippen LogP contribution in [-0.4, -0.2) is 30.3 Å². The average molecular weight is 162 g/mol. The molecule has 0 saturated heterocycles. The van der Waals surface area contributed by atoms with Crippen molar-refractivity contribution in [1.82, 2.24) is 5.32 Å². The second-order valence-corrected chi connectivity index (χ2v) is 2.99. The van der Waals surface area contributed by atoms with Crippen molar-refractivity contribution in [2.45, 2.75) is 39.8 Å². The molecule has 0 saturated carbocycles. The molecular weight excluding hydrogens is 140 g/mol. The molecule has 0 spiro atoms. The van der Waals surface area contributed by atoms with E-state index in [-0.39, 0.29) is 6.61 Å². The van der Waals surface area contributed by atoms with Gasteiger partial charge in [-0.25, -0.2) is 0 Å². The number of nitrogens with one attached hydrogen (secondary N) is 1. The maximum absolute atomic E-state index is 7.75. The molecule has 0 rings (SSSR count). The summed E-state index contributed by atoms with van der Waals surface area (Å²) in [6.45, 7) is 9.08. The molecule has 3 heteroatoms. The third kappa shape index (κ3) is 25.8. The van der Waals surface area contributed by atoms with Gasteiger partial charge in [0.25, 0.3) is 0 Å². The quantitative estimate of drug-likeness (QED) is 0.560. The van der Waals surface area contributed by atoms with E-state index in [0.29, 0.717) is 18.6 Å². The third-order valence-corrected chi connectivity index (χ3v) is 0.796. The van der Waals surface area contributed by atoms with Crippen molar-refractivity contribution in [3.05, 3.63) is 0 Å². The fraction of sp³-hybridized carbons (Fsp3) is 1.00. The summed E-state index contributed by atoms with van der Waals surface area (Å²) >= 11 is 0. The predicted molar refractivity (Wildman–Crippen MR) is 49.5 cm³/mol. The van der Waals surface area contributed by atoms with Crippen LogP contribution in [0.4, 0.5) is 0 Å². The summed E-state index contributed by atoms with van der Waals surface area (Å²) in [5, 5.41) is 11.1. The smallest absolute Gasteiger partial charge is 0.0553 e. The van der Waals surface area contributed by atoms with Gasteiger partial charge in [-0.15, -0.1) is 0 Å². The first-order valence-electron chi connectivity index (χ1n) is 4.11. The van der Waals surface area contributed by atoms with Gasteiger partial charge in [0.05, 0.1) is 6.61 Å². The van der Waals surface area contributed by atoms with Gasteiger partial charge in [0.15, 0.2) is 0 Å². The number of aliphatic hydroxyl groups is 1. The Morgan fingerprint density at radius 1 is 1.18 bits per heavy atom. The van der Waals surface area contributed by atoms with Crippen LogP contribution in [0.2, 0.25) is 0 Å². The summed E-state index contributed by atoms with van der Waals surface area (Å²) in [7, 11) is 0. The fourth-order valence-electron chi connectivity index (χ4n) is 0.667. The molecule has 3 nitrogen and oxygen atoms in total. The molecule has 0 heterocycles. The minimum Gasteiger partial charge on any atom is -0.395 e. The van der Waals surface area contributed by atoms with Crippen LogP contribution in [0, 0.1) is 0 Å². The van der Waals surface area contributed by atoms with Gasteiger partial charge in [-0.1, -0.05) is 27.7 Å². The maximum Gasteiger partial charge on any atom is 0.0553 e. The van der Waals surface area contributed by atoms with E-state index in [0.717, 1.165) is 0 Å². The zero-order valence-electron chi connectivity index (χ0n) is 8.09. The lowest BCUT2D eigenvalue weighted by molar-refractivity contribution is 0.306. The number of nitrogens with two attached hydrogens (primary N) is 1. The monoisotopic (exact) mass is 162 g/mol. The van der Waals surface area contributed by atoms with Crippen LogP contribution < -0.4 is 11.1 Å². The van der Waals surface area contributed by atoms with Crippen LogP contribution in [-0.2, 0) is 0 Å². The first kappa shape index (κ1) is 13.5. The number of rotatable bonds is 3. The Kier molecular flexibility index (Phi) is 12.1. The van der Waals surface area contributed by atoms with E-state index < -0.39 is 0 Å². The highest BCUT2D eigenvalue weighted by atomic mass is 16.3. The van der Waals surface area contributed by atoms with Gasteiger partial charge in [0, 0.05) is 18.6 Å². The summed E-state index contributed by atoms with van der Waals surface area (Å²) in [6, 6.07) is 1.25. The molecule has 0 aliphatic heterocycles. The van der Waals surface area contributed by atoms with Gasteiger partial charge in [-0.2, -0.15) is 0 Å². The van der Waals surface area contributed by atoms with E-state index in [4.69, 9.17) is 10.8 Å². The molecule has 0 amide bonds. The van der Waals surface area contributed by atoms with Crippen LogP contribution in [0.25, 0.3) is 0 Å². The van der Waals surface area contributed by atoms with E-state index in [2.05, 4.69) is 33.0 Å². The van der Waals surface area contributed by atoms with E-state index in [1.807, 2.05) is 0 Å². The Hall–Kier alpha value is -0.120. The molecule has 4 N–H and O–H groups in total. The highest BCUT2D eigenvalue weighted by Gasteiger charge is 1.92. The molecule has 0 unspecified atom stereocenters. The van der Waals surface area contributed by atoms with Crippen LogP contribution >= 0.6 is 0 Å². The Balaban J connectivity index is 0. The molecule has 70 valence electrons. The van der Waals surface area contributed by atoms with Gasteiger partial charge in [-0.3, -0.25) is 0 Å². The minimum atomic E-state index is 0.0972. The molecule has 11 heavy (non-hydrogen) atoms. The molecule has 0 aromatic heterocycles. The van der Waals surface area contributed by atoms with Gasteiger partial charge < -0.3 is 16.2 Å². The first-order chi connectivity index (χ1) is 5.04. The van der Waals surface area contributed by atoms with Crippen LogP contribution in [0.3, 0.4) is 0 Å². The highest BCUT2D eigenvalue weighted by molar-refractivity contribution is 4.55. The molecule has 0 atom stereocenters. The number of aliphatic hydroxyl groups excluding tert-OH is 1. The number of hydrogen-bond donors (Lipinski definition) is 3. The van der Waals surface area contributed by atoms with Crippen LogP contribution in [0.1, 0.15) is 27.7 Å². The largest absolute Gasteiger partial charge is 0.395 e. The lowest BCUT2D eigenvalue weighted by Crippen LogP contribution is -2.29. The Labute approximate surface area is 70.0 Å².